The van der Waals surface area contributed by atoms with Crippen LogP contribution in [0.25, 0.3) is 10.9 Å². The number of amides is 1. The van der Waals surface area contributed by atoms with E-state index in [1.165, 1.54) is 0 Å². The Bertz CT molecular complexity index is 585. The summed E-state index contributed by atoms with van der Waals surface area (Å²) in [7, 11) is 0. The Labute approximate surface area is 106 Å². The predicted octanol–water partition coefficient (Wildman–Crippen LogP) is 2.82. The van der Waals surface area contributed by atoms with Gasteiger partial charge in [-0.05, 0) is 25.8 Å². The Kier molecular flexibility index (Phi) is 2.74. The number of rotatable bonds is 3. The van der Waals surface area contributed by atoms with Crippen molar-refractivity contribution in [2.45, 2.75) is 25.8 Å². The van der Waals surface area contributed by atoms with Gasteiger partial charge in [-0.3, -0.25) is 9.78 Å². The van der Waals surface area contributed by atoms with Gasteiger partial charge in [0.15, 0.2) is 0 Å². The number of carbonyl (C=O) groups excluding carboxylic acids is 1. The fourth-order valence-electron chi connectivity index (χ4n) is 2.23. The number of nitrogens with one attached hydrogen (secondary N) is 1. The van der Waals surface area contributed by atoms with Crippen LogP contribution in [0.15, 0.2) is 36.5 Å². The maximum Gasteiger partial charge on any atom is 0.223 e. The number of pyridine rings is 1. The number of fused-ring (bicyclic) bond motifs is 1. The van der Waals surface area contributed by atoms with E-state index in [-0.39, 0.29) is 17.9 Å². The van der Waals surface area contributed by atoms with Gasteiger partial charge < -0.3 is 5.32 Å². The number of carbonyl (C=O) groups is 1. The van der Waals surface area contributed by atoms with Crippen molar-refractivity contribution in [2.24, 2.45) is 5.92 Å². The van der Waals surface area contributed by atoms with Crippen LogP contribution < -0.4 is 5.32 Å². The lowest BCUT2D eigenvalue weighted by atomic mass is 10.0. The highest BCUT2D eigenvalue weighted by Crippen LogP contribution is 2.30. The highest BCUT2D eigenvalue weighted by Gasteiger charge is 2.30. The number of aromatic nitrogens is 1. The summed E-state index contributed by atoms with van der Waals surface area (Å²) >= 11 is 0. The van der Waals surface area contributed by atoms with Crippen LogP contribution in [0.3, 0.4) is 0 Å². The third-order valence-corrected chi connectivity index (χ3v) is 3.44. The second-order valence-corrected chi connectivity index (χ2v) is 4.93. The normalized spacial score (nSPS) is 16.5. The number of hydrogen-bond donors (Lipinski definition) is 1. The van der Waals surface area contributed by atoms with Crippen molar-refractivity contribution in [2.75, 3.05) is 0 Å². The maximum absolute atomic E-state index is 11.8. The van der Waals surface area contributed by atoms with Crippen LogP contribution in [0.1, 0.15) is 31.4 Å². The topological polar surface area (TPSA) is 42.0 Å². The zero-order chi connectivity index (χ0) is 12.5. The van der Waals surface area contributed by atoms with Gasteiger partial charge in [0.25, 0.3) is 0 Å². The van der Waals surface area contributed by atoms with E-state index in [0.717, 1.165) is 29.3 Å². The molecule has 3 rings (SSSR count). The first-order valence-electron chi connectivity index (χ1n) is 6.40. The second-order valence-electron chi connectivity index (χ2n) is 4.93. The van der Waals surface area contributed by atoms with Crippen molar-refractivity contribution in [1.29, 1.82) is 0 Å². The van der Waals surface area contributed by atoms with E-state index < -0.39 is 0 Å². The minimum atomic E-state index is 0.0108. The predicted molar refractivity (Wildman–Crippen MR) is 71.0 cm³/mol. The fraction of sp³-hybridized carbons (Fsp3) is 0.333. The molecule has 0 spiro atoms. The summed E-state index contributed by atoms with van der Waals surface area (Å²) in [5.74, 6) is 0.422. The van der Waals surface area contributed by atoms with Gasteiger partial charge in [-0.1, -0.05) is 24.3 Å². The van der Waals surface area contributed by atoms with E-state index in [0.29, 0.717) is 0 Å². The van der Waals surface area contributed by atoms with Crippen molar-refractivity contribution in [3.8, 4) is 0 Å². The fourth-order valence-corrected chi connectivity index (χ4v) is 2.23. The van der Waals surface area contributed by atoms with Gasteiger partial charge in [0.2, 0.25) is 5.91 Å². The van der Waals surface area contributed by atoms with Crippen molar-refractivity contribution in [1.82, 2.24) is 10.3 Å². The van der Waals surface area contributed by atoms with Gasteiger partial charge in [0.1, 0.15) is 0 Å². The van der Waals surface area contributed by atoms with E-state index in [1.54, 1.807) is 6.20 Å². The summed E-state index contributed by atoms with van der Waals surface area (Å²) < 4.78 is 0. The summed E-state index contributed by atoms with van der Waals surface area (Å²) in [6.07, 6.45) is 3.86. The largest absolute Gasteiger partial charge is 0.349 e. The number of hydrogen-bond acceptors (Lipinski definition) is 2. The van der Waals surface area contributed by atoms with E-state index in [4.69, 9.17) is 0 Å². The molecule has 1 atom stereocenters. The molecule has 3 nitrogen and oxygen atoms in total. The molecule has 0 aliphatic heterocycles. The summed E-state index contributed by atoms with van der Waals surface area (Å²) in [6, 6.07) is 10.1. The molecule has 1 aromatic carbocycles. The van der Waals surface area contributed by atoms with Crippen LogP contribution in [0.4, 0.5) is 0 Å². The lowest BCUT2D eigenvalue weighted by Gasteiger charge is -2.15. The summed E-state index contributed by atoms with van der Waals surface area (Å²) in [6.45, 7) is 2.02. The van der Waals surface area contributed by atoms with Gasteiger partial charge >= 0.3 is 0 Å². The average molecular weight is 240 g/mol. The molecule has 1 aromatic heterocycles. The van der Waals surface area contributed by atoms with Crippen LogP contribution in [0, 0.1) is 5.92 Å². The molecule has 1 N–H and O–H groups in total. The first-order valence-corrected chi connectivity index (χ1v) is 6.40. The summed E-state index contributed by atoms with van der Waals surface area (Å²) in [5.41, 5.74) is 2.06. The minimum Gasteiger partial charge on any atom is -0.349 e. The number of nitrogens with zero attached hydrogens (tertiary/aromatic N) is 1. The Morgan fingerprint density at radius 1 is 1.33 bits per heavy atom. The molecule has 0 saturated heterocycles. The van der Waals surface area contributed by atoms with Crippen molar-refractivity contribution in [3.63, 3.8) is 0 Å². The molecule has 1 fully saturated rings. The molecule has 1 aliphatic carbocycles. The molecule has 1 unspecified atom stereocenters. The van der Waals surface area contributed by atoms with Crippen LogP contribution in [-0.2, 0) is 4.79 Å². The second kappa shape index (κ2) is 4.41. The Morgan fingerprint density at radius 3 is 2.89 bits per heavy atom. The number of para-hydroxylation sites is 1. The van der Waals surface area contributed by atoms with Crippen molar-refractivity contribution >= 4 is 16.8 Å². The molecule has 18 heavy (non-hydrogen) atoms. The number of benzene rings is 1. The van der Waals surface area contributed by atoms with Gasteiger partial charge in [-0.2, -0.15) is 0 Å². The maximum atomic E-state index is 11.8. The summed E-state index contributed by atoms with van der Waals surface area (Å²) in [5, 5.41) is 4.18. The SMILES string of the molecule is CC(NC(=O)C1CC1)c1cccc2cccnc12. The summed E-state index contributed by atoms with van der Waals surface area (Å²) in [4.78, 5) is 16.2. The van der Waals surface area contributed by atoms with Crippen molar-refractivity contribution < 1.29 is 4.79 Å². The average Bonchev–Trinajstić information content (AvgIpc) is 3.22. The molecule has 1 heterocycles. The van der Waals surface area contributed by atoms with Gasteiger partial charge in [0, 0.05) is 23.1 Å². The molecular weight excluding hydrogens is 224 g/mol. The lowest BCUT2D eigenvalue weighted by Crippen LogP contribution is -2.28. The van der Waals surface area contributed by atoms with E-state index >= 15 is 0 Å². The standard InChI is InChI=1S/C15H16N2O/c1-10(17-15(18)12-7-8-12)13-6-2-4-11-5-3-9-16-14(11)13/h2-6,9-10,12H,7-8H2,1H3,(H,17,18). The Balaban J connectivity index is 1.90. The molecule has 1 aliphatic rings. The van der Waals surface area contributed by atoms with E-state index in [9.17, 15) is 4.79 Å². The minimum absolute atomic E-state index is 0.0108. The van der Waals surface area contributed by atoms with Gasteiger partial charge in [-0.15, -0.1) is 0 Å². The molecule has 1 saturated carbocycles. The molecule has 0 bridgehead atoms. The molecule has 92 valence electrons. The van der Waals surface area contributed by atoms with Crippen LogP contribution in [0.2, 0.25) is 0 Å². The van der Waals surface area contributed by atoms with Gasteiger partial charge in [-0.25, -0.2) is 0 Å². The Hall–Kier alpha value is -1.90. The third kappa shape index (κ3) is 2.08. The third-order valence-electron chi connectivity index (χ3n) is 3.44. The monoisotopic (exact) mass is 240 g/mol. The zero-order valence-electron chi connectivity index (χ0n) is 10.4. The smallest absolute Gasteiger partial charge is 0.223 e. The van der Waals surface area contributed by atoms with E-state index in [1.807, 2.05) is 37.3 Å². The first-order chi connectivity index (χ1) is 8.75. The van der Waals surface area contributed by atoms with Crippen LogP contribution in [0.5, 0.6) is 0 Å². The molecule has 3 heteroatoms. The molecule has 2 aromatic rings. The molecular formula is C15H16N2O. The first kappa shape index (κ1) is 11.2. The van der Waals surface area contributed by atoms with Crippen molar-refractivity contribution in [3.05, 3.63) is 42.1 Å². The van der Waals surface area contributed by atoms with Crippen LogP contribution in [-0.4, -0.2) is 10.9 Å². The quantitative estimate of drug-likeness (QED) is 0.896. The zero-order valence-corrected chi connectivity index (χ0v) is 10.4. The molecule has 1 amide bonds. The van der Waals surface area contributed by atoms with Gasteiger partial charge in [0.05, 0.1) is 11.6 Å². The lowest BCUT2D eigenvalue weighted by molar-refractivity contribution is -0.122. The Morgan fingerprint density at radius 2 is 2.11 bits per heavy atom. The highest BCUT2D eigenvalue weighted by molar-refractivity contribution is 5.84. The highest BCUT2D eigenvalue weighted by atomic mass is 16.2. The van der Waals surface area contributed by atoms with Crippen LogP contribution >= 0.6 is 0 Å². The molecule has 0 radical (unpaired) electrons. The van der Waals surface area contributed by atoms with E-state index in [2.05, 4.69) is 10.3 Å².